The van der Waals surface area contributed by atoms with Crippen LogP contribution in [-0.4, -0.2) is 86.2 Å². The molecule has 30 heavy (non-hydrogen) atoms. The molecule has 9 heteroatoms. The summed E-state index contributed by atoms with van der Waals surface area (Å²) in [6.45, 7) is 10.1. The van der Waals surface area contributed by atoms with Gasteiger partial charge in [0.1, 0.15) is 17.6 Å². The van der Waals surface area contributed by atoms with E-state index in [1.807, 2.05) is 0 Å². The first-order valence-corrected chi connectivity index (χ1v) is 10.2. The van der Waals surface area contributed by atoms with Gasteiger partial charge >= 0.3 is 17.9 Å². The number of carbonyl (C=O) groups excluding carboxylic acids is 3. The van der Waals surface area contributed by atoms with E-state index in [2.05, 4.69) is 4.90 Å². The van der Waals surface area contributed by atoms with Crippen LogP contribution < -0.4 is 0 Å². The lowest BCUT2D eigenvalue weighted by Gasteiger charge is -2.26. The third-order valence-corrected chi connectivity index (χ3v) is 4.34. The summed E-state index contributed by atoms with van der Waals surface area (Å²) >= 11 is 0. The van der Waals surface area contributed by atoms with Crippen molar-refractivity contribution in [2.75, 3.05) is 52.7 Å². The Morgan fingerprint density at radius 3 is 2.23 bits per heavy atom. The number of hydrogen-bond donors (Lipinski definition) is 1. The van der Waals surface area contributed by atoms with Gasteiger partial charge in [0.05, 0.1) is 26.4 Å². The van der Waals surface area contributed by atoms with Crippen LogP contribution in [0.25, 0.3) is 0 Å². The predicted molar refractivity (Wildman–Crippen MR) is 109 cm³/mol. The van der Waals surface area contributed by atoms with Crippen LogP contribution in [-0.2, 0) is 33.3 Å². The van der Waals surface area contributed by atoms with Crippen molar-refractivity contribution >= 4 is 17.9 Å². The molecule has 9 nitrogen and oxygen atoms in total. The average Bonchev–Trinajstić information content (AvgIpc) is 2.69. The van der Waals surface area contributed by atoms with Crippen LogP contribution in [0.1, 0.15) is 40.5 Å². The summed E-state index contributed by atoms with van der Waals surface area (Å²) in [7, 11) is 0. The van der Waals surface area contributed by atoms with Gasteiger partial charge in [0.25, 0.3) is 0 Å². The third-order valence-electron chi connectivity index (χ3n) is 4.34. The van der Waals surface area contributed by atoms with Crippen molar-refractivity contribution in [3.05, 3.63) is 12.2 Å². The fourth-order valence-corrected chi connectivity index (χ4v) is 2.52. The van der Waals surface area contributed by atoms with E-state index in [0.29, 0.717) is 6.42 Å². The molecule has 1 aliphatic rings. The number of hydrogen-bond acceptors (Lipinski definition) is 9. The molecule has 0 amide bonds. The Labute approximate surface area is 178 Å². The number of carbonyl (C=O) groups is 3. The molecule has 1 N–H and O–H groups in total. The van der Waals surface area contributed by atoms with E-state index in [1.54, 1.807) is 20.8 Å². The van der Waals surface area contributed by atoms with Gasteiger partial charge in [-0.15, -0.1) is 0 Å². The molecule has 0 aromatic rings. The van der Waals surface area contributed by atoms with Crippen LogP contribution in [0.3, 0.4) is 0 Å². The smallest absolute Gasteiger partial charge is 0.331 e. The summed E-state index contributed by atoms with van der Waals surface area (Å²) in [5, 5.41) is 9.58. The van der Waals surface area contributed by atoms with Gasteiger partial charge in [-0.2, -0.15) is 0 Å². The molecule has 0 radical (unpaired) electrons. The van der Waals surface area contributed by atoms with Gasteiger partial charge in [-0.25, -0.2) is 9.59 Å². The average molecular weight is 430 g/mol. The highest BCUT2D eigenvalue weighted by Gasteiger charge is 2.36. The van der Waals surface area contributed by atoms with Gasteiger partial charge in [-0.1, -0.05) is 0 Å². The van der Waals surface area contributed by atoms with Crippen LogP contribution in [0.2, 0.25) is 0 Å². The lowest BCUT2D eigenvalue weighted by Crippen LogP contribution is -2.39. The summed E-state index contributed by atoms with van der Waals surface area (Å²) in [6.07, 6.45) is 3.45. The molecule has 1 fully saturated rings. The van der Waals surface area contributed by atoms with Crippen molar-refractivity contribution in [3.8, 4) is 0 Å². The summed E-state index contributed by atoms with van der Waals surface area (Å²) in [6, 6.07) is 0. The number of ether oxygens (including phenoxy) is 4. The zero-order chi connectivity index (χ0) is 22.6. The molecule has 0 spiro atoms. The highest BCUT2D eigenvalue weighted by Crippen LogP contribution is 2.19. The second-order valence-corrected chi connectivity index (χ2v) is 8.49. The molecule has 1 atom stereocenters. The normalized spacial score (nSPS) is 17.4. The number of esters is 3. The largest absolute Gasteiger partial charge is 0.465 e. The van der Waals surface area contributed by atoms with Gasteiger partial charge < -0.3 is 24.1 Å². The Morgan fingerprint density at radius 1 is 1.00 bits per heavy atom. The predicted octanol–water partition coefficient (Wildman–Crippen LogP) is 1.08. The van der Waals surface area contributed by atoms with Gasteiger partial charge in [0, 0.05) is 25.2 Å². The Balaban J connectivity index is 2.32. The molecular weight excluding hydrogens is 394 g/mol. The maximum atomic E-state index is 12.3. The number of morpholine rings is 1. The second kappa shape index (κ2) is 12.7. The minimum absolute atomic E-state index is 0.227. The van der Waals surface area contributed by atoms with Crippen molar-refractivity contribution in [2.45, 2.75) is 46.1 Å². The minimum Gasteiger partial charge on any atom is -0.465 e. The van der Waals surface area contributed by atoms with Crippen molar-refractivity contribution < 1.29 is 38.4 Å². The molecular formula is C21H35NO8. The Kier molecular flexibility index (Phi) is 11.0. The molecule has 0 aromatic heterocycles. The van der Waals surface area contributed by atoms with Gasteiger partial charge in [-0.05, 0) is 47.1 Å². The quantitative estimate of drug-likeness (QED) is 0.223. The van der Waals surface area contributed by atoms with E-state index in [9.17, 15) is 19.5 Å². The molecule has 172 valence electrons. The first kappa shape index (κ1) is 26.1. The summed E-state index contributed by atoms with van der Waals surface area (Å²) < 4.78 is 20.6. The van der Waals surface area contributed by atoms with E-state index >= 15 is 0 Å². The van der Waals surface area contributed by atoms with Crippen LogP contribution in [0, 0.1) is 5.41 Å². The summed E-state index contributed by atoms with van der Waals surface area (Å²) in [5.41, 5.74) is -2.05. The van der Waals surface area contributed by atoms with Crippen LogP contribution in [0.5, 0.6) is 0 Å². The topological polar surface area (TPSA) is 112 Å². The van der Waals surface area contributed by atoms with Gasteiger partial charge in [0.15, 0.2) is 0 Å². The number of aliphatic hydroxyl groups excluding tert-OH is 1. The maximum Gasteiger partial charge on any atom is 0.331 e. The first-order valence-electron chi connectivity index (χ1n) is 10.2. The number of rotatable bonds is 11. The fourth-order valence-electron chi connectivity index (χ4n) is 2.52. The lowest BCUT2D eigenvalue weighted by atomic mass is 9.93. The van der Waals surface area contributed by atoms with Crippen molar-refractivity contribution in [1.29, 1.82) is 0 Å². The number of nitrogens with zero attached hydrogens (tertiary/aromatic N) is 1. The number of unbranched alkanes of at least 4 members (excludes halogenated alkanes) is 1. The molecule has 1 aliphatic heterocycles. The molecule has 1 saturated heterocycles. The molecule has 0 bridgehead atoms. The SMILES string of the molecule is CC(C)(C)OC(=O)/C=C/C(=O)OCC(C)(CO)C(=O)OCCCCN1CCOCC1. The minimum atomic E-state index is -1.38. The van der Waals surface area contributed by atoms with Crippen molar-refractivity contribution in [3.63, 3.8) is 0 Å². The highest BCUT2D eigenvalue weighted by atomic mass is 16.6. The summed E-state index contributed by atoms with van der Waals surface area (Å²) in [4.78, 5) is 37.9. The van der Waals surface area contributed by atoms with Crippen LogP contribution in [0.15, 0.2) is 12.2 Å². The van der Waals surface area contributed by atoms with E-state index in [-0.39, 0.29) is 13.2 Å². The van der Waals surface area contributed by atoms with E-state index < -0.39 is 35.5 Å². The van der Waals surface area contributed by atoms with Gasteiger partial charge in [0.2, 0.25) is 0 Å². The fraction of sp³-hybridized carbons (Fsp3) is 0.762. The maximum absolute atomic E-state index is 12.3. The van der Waals surface area contributed by atoms with E-state index in [4.69, 9.17) is 18.9 Å². The van der Waals surface area contributed by atoms with Crippen molar-refractivity contribution in [1.82, 2.24) is 4.90 Å². The molecule has 0 saturated carbocycles. The Hall–Kier alpha value is -1.97. The summed E-state index contributed by atoms with van der Waals surface area (Å²) in [5.74, 6) is -2.14. The first-order chi connectivity index (χ1) is 14.1. The number of aliphatic hydroxyl groups is 1. The molecule has 1 rings (SSSR count). The Bertz CT molecular complexity index is 592. The Morgan fingerprint density at radius 2 is 1.63 bits per heavy atom. The zero-order valence-corrected chi connectivity index (χ0v) is 18.5. The lowest BCUT2D eigenvalue weighted by molar-refractivity contribution is -0.164. The van der Waals surface area contributed by atoms with Gasteiger partial charge in [-0.3, -0.25) is 9.69 Å². The molecule has 1 unspecified atom stereocenters. The third kappa shape index (κ3) is 10.7. The van der Waals surface area contributed by atoms with Crippen LogP contribution >= 0.6 is 0 Å². The molecule has 0 aromatic carbocycles. The second-order valence-electron chi connectivity index (χ2n) is 8.49. The molecule has 0 aliphatic carbocycles. The zero-order valence-electron chi connectivity index (χ0n) is 18.5. The molecule has 1 heterocycles. The van der Waals surface area contributed by atoms with Crippen LogP contribution in [0.4, 0.5) is 0 Å². The van der Waals surface area contributed by atoms with E-state index in [1.165, 1.54) is 6.92 Å². The van der Waals surface area contributed by atoms with Crippen molar-refractivity contribution in [2.24, 2.45) is 5.41 Å². The monoisotopic (exact) mass is 429 g/mol. The standard InChI is InChI=1S/C21H35NO8/c1-20(2,3)30-18(25)8-7-17(24)29-16-21(4,15-23)19(26)28-12-6-5-9-22-10-13-27-14-11-22/h7-8,23H,5-6,9-16H2,1-4H3/b8-7+. The highest BCUT2D eigenvalue weighted by molar-refractivity contribution is 5.92. The van der Waals surface area contributed by atoms with E-state index in [0.717, 1.165) is 51.4 Å².